The van der Waals surface area contributed by atoms with Crippen LogP contribution in [0.25, 0.3) is 0 Å². The standard InChI is InChI=1S/C23H32N4O3/c1-3-4-10-27-22(29)19-8-7-17(15-20(19)23(27)30)21(28)26-13-11-25(12-14-26)18-6-5-9-24(2)16-18/h7-8,15,18H,3-6,9-14,16H2,1-2H3. The number of piperidine rings is 1. The minimum absolute atomic E-state index is 0.0505. The molecule has 0 aromatic heterocycles. The lowest BCUT2D eigenvalue weighted by molar-refractivity contribution is 0.0452. The quantitative estimate of drug-likeness (QED) is 0.692. The monoisotopic (exact) mass is 412 g/mol. The SMILES string of the molecule is CCCCN1C(=O)c2ccc(C(=O)N3CCN(C4CCCN(C)C4)CC3)cc2C1=O. The van der Waals surface area contributed by atoms with E-state index in [1.807, 2.05) is 11.8 Å². The molecule has 7 heteroatoms. The van der Waals surface area contributed by atoms with Gasteiger partial charge in [-0.25, -0.2) is 0 Å². The van der Waals surface area contributed by atoms with Crippen LogP contribution in [-0.4, -0.2) is 96.2 Å². The molecule has 30 heavy (non-hydrogen) atoms. The van der Waals surface area contributed by atoms with E-state index >= 15 is 0 Å². The third-order valence-corrected chi connectivity index (χ3v) is 6.67. The van der Waals surface area contributed by atoms with Crippen molar-refractivity contribution in [3.05, 3.63) is 34.9 Å². The Kier molecular flexibility index (Phi) is 6.20. The largest absolute Gasteiger partial charge is 0.336 e. The van der Waals surface area contributed by atoms with Crippen molar-refractivity contribution in [3.63, 3.8) is 0 Å². The van der Waals surface area contributed by atoms with Crippen LogP contribution >= 0.6 is 0 Å². The van der Waals surface area contributed by atoms with Gasteiger partial charge in [0.25, 0.3) is 17.7 Å². The van der Waals surface area contributed by atoms with Gasteiger partial charge in [-0.05, 0) is 51.1 Å². The summed E-state index contributed by atoms with van der Waals surface area (Å²) in [4.78, 5) is 46.3. The van der Waals surface area contributed by atoms with Gasteiger partial charge in [0, 0.05) is 50.9 Å². The zero-order chi connectivity index (χ0) is 21.3. The summed E-state index contributed by atoms with van der Waals surface area (Å²) in [5, 5.41) is 0. The fraction of sp³-hybridized carbons (Fsp3) is 0.609. The molecule has 4 rings (SSSR count). The van der Waals surface area contributed by atoms with Gasteiger partial charge in [0.15, 0.2) is 0 Å². The summed E-state index contributed by atoms with van der Waals surface area (Å²) in [5.41, 5.74) is 1.28. The highest BCUT2D eigenvalue weighted by atomic mass is 16.2. The van der Waals surface area contributed by atoms with E-state index < -0.39 is 0 Å². The number of benzene rings is 1. The Morgan fingerprint density at radius 2 is 1.77 bits per heavy atom. The second-order valence-corrected chi connectivity index (χ2v) is 8.76. The second-order valence-electron chi connectivity index (χ2n) is 8.76. The van der Waals surface area contributed by atoms with Gasteiger partial charge in [-0.2, -0.15) is 0 Å². The molecule has 0 radical (unpaired) electrons. The first-order valence-electron chi connectivity index (χ1n) is 11.2. The molecule has 1 aromatic carbocycles. The first-order valence-corrected chi connectivity index (χ1v) is 11.2. The summed E-state index contributed by atoms with van der Waals surface area (Å²) in [7, 11) is 2.18. The Bertz CT molecular complexity index is 832. The van der Waals surface area contributed by atoms with Gasteiger partial charge >= 0.3 is 0 Å². The topological polar surface area (TPSA) is 64.2 Å². The Balaban J connectivity index is 1.40. The van der Waals surface area contributed by atoms with Crippen molar-refractivity contribution in [1.82, 2.24) is 19.6 Å². The van der Waals surface area contributed by atoms with E-state index in [1.54, 1.807) is 18.2 Å². The lowest BCUT2D eigenvalue weighted by Gasteiger charge is -2.42. The molecule has 3 aliphatic rings. The van der Waals surface area contributed by atoms with Crippen LogP contribution in [0, 0.1) is 0 Å². The van der Waals surface area contributed by atoms with E-state index in [4.69, 9.17) is 0 Å². The fourth-order valence-corrected chi connectivity index (χ4v) is 4.85. The lowest BCUT2D eigenvalue weighted by Crippen LogP contribution is -2.55. The Hall–Kier alpha value is -2.25. The molecule has 2 saturated heterocycles. The molecule has 0 spiro atoms. The molecule has 1 aromatic rings. The Morgan fingerprint density at radius 3 is 2.47 bits per heavy atom. The molecule has 1 atom stereocenters. The molecule has 0 saturated carbocycles. The van der Waals surface area contributed by atoms with Gasteiger partial charge < -0.3 is 9.80 Å². The van der Waals surface area contributed by atoms with Crippen LogP contribution in [-0.2, 0) is 0 Å². The Labute approximate surface area is 178 Å². The van der Waals surface area contributed by atoms with Gasteiger partial charge in [0.2, 0.25) is 0 Å². The molecule has 3 aliphatic heterocycles. The molecular weight excluding hydrogens is 380 g/mol. The molecule has 0 bridgehead atoms. The van der Waals surface area contributed by atoms with Crippen molar-refractivity contribution < 1.29 is 14.4 Å². The van der Waals surface area contributed by atoms with Crippen molar-refractivity contribution in [3.8, 4) is 0 Å². The molecule has 162 valence electrons. The van der Waals surface area contributed by atoms with Crippen LogP contribution in [0.2, 0.25) is 0 Å². The van der Waals surface area contributed by atoms with Gasteiger partial charge in [-0.15, -0.1) is 0 Å². The van der Waals surface area contributed by atoms with E-state index in [-0.39, 0.29) is 17.7 Å². The van der Waals surface area contributed by atoms with E-state index in [2.05, 4.69) is 16.8 Å². The normalized spacial score (nSPS) is 23.2. The summed E-state index contributed by atoms with van der Waals surface area (Å²) in [6, 6.07) is 5.53. The van der Waals surface area contributed by atoms with Crippen LogP contribution in [0.5, 0.6) is 0 Å². The summed E-state index contributed by atoms with van der Waals surface area (Å²) < 4.78 is 0. The minimum atomic E-state index is -0.274. The number of carbonyl (C=O) groups excluding carboxylic acids is 3. The number of hydrogen-bond donors (Lipinski definition) is 0. The van der Waals surface area contributed by atoms with Crippen molar-refractivity contribution in [2.75, 3.05) is 52.9 Å². The number of fused-ring (bicyclic) bond motifs is 1. The number of imide groups is 1. The maximum atomic E-state index is 13.1. The predicted molar refractivity (Wildman–Crippen MR) is 115 cm³/mol. The fourth-order valence-electron chi connectivity index (χ4n) is 4.85. The summed E-state index contributed by atoms with van der Waals surface area (Å²) in [6.07, 6.45) is 4.17. The van der Waals surface area contributed by atoms with Gasteiger partial charge in [0.05, 0.1) is 11.1 Å². The second kappa shape index (κ2) is 8.86. The maximum absolute atomic E-state index is 13.1. The number of nitrogens with zero attached hydrogens (tertiary/aromatic N) is 4. The van der Waals surface area contributed by atoms with Gasteiger partial charge in [-0.1, -0.05) is 13.3 Å². The third-order valence-electron chi connectivity index (χ3n) is 6.67. The molecule has 1 unspecified atom stereocenters. The molecular formula is C23H32N4O3. The average Bonchev–Trinajstić information content (AvgIpc) is 3.01. The van der Waals surface area contributed by atoms with Crippen LogP contribution in [0.15, 0.2) is 18.2 Å². The van der Waals surface area contributed by atoms with E-state index in [0.29, 0.717) is 42.4 Å². The zero-order valence-corrected chi connectivity index (χ0v) is 18.1. The highest BCUT2D eigenvalue weighted by molar-refractivity contribution is 6.22. The Morgan fingerprint density at radius 1 is 1.03 bits per heavy atom. The predicted octanol–water partition coefficient (Wildman–Crippen LogP) is 1.93. The molecule has 2 fully saturated rings. The maximum Gasteiger partial charge on any atom is 0.261 e. The molecule has 7 nitrogen and oxygen atoms in total. The smallest absolute Gasteiger partial charge is 0.261 e. The highest BCUT2D eigenvalue weighted by Crippen LogP contribution is 2.25. The van der Waals surface area contributed by atoms with Crippen LogP contribution in [0.3, 0.4) is 0 Å². The minimum Gasteiger partial charge on any atom is -0.336 e. The van der Waals surface area contributed by atoms with Crippen molar-refractivity contribution in [2.24, 2.45) is 0 Å². The third kappa shape index (κ3) is 4.01. The zero-order valence-electron chi connectivity index (χ0n) is 18.1. The van der Waals surface area contributed by atoms with E-state index in [1.165, 1.54) is 24.3 Å². The lowest BCUT2D eigenvalue weighted by atomic mass is 10.0. The van der Waals surface area contributed by atoms with Crippen LogP contribution in [0.1, 0.15) is 63.7 Å². The molecule has 3 amide bonds. The number of piperazine rings is 1. The molecule has 0 N–H and O–H groups in total. The van der Waals surface area contributed by atoms with Crippen LogP contribution in [0.4, 0.5) is 0 Å². The van der Waals surface area contributed by atoms with Crippen molar-refractivity contribution >= 4 is 17.7 Å². The summed E-state index contributed by atoms with van der Waals surface area (Å²) in [6.45, 7) is 7.91. The van der Waals surface area contributed by atoms with E-state index in [0.717, 1.165) is 32.5 Å². The number of hydrogen-bond acceptors (Lipinski definition) is 5. The van der Waals surface area contributed by atoms with Gasteiger partial charge in [-0.3, -0.25) is 24.2 Å². The van der Waals surface area contributed by atoms with Gasteiger partial charge in [0.1, 0.15) is 0 Å². The van der Waals surface area contributed by atoms with Crippen molar-refractivity contribution in [2.45, 2.75) is 38.6 Å². The van der Waals surface area contributed by atoms with E-state index in [9.17, 15) is 14.4 Å². The van der Waals surface area contributed by atoms with Crippen LogP contribution < -0.4 is 0 Å². The number of carbonyl (C=O) groups is 3. The molecule has 0 aliphatic carbocycles. The highest BCUT2D eigenvalue weighted by Gasteiger charge is 2.36. The number of likely N-dealkylation sites (N-methyl/N-ethyl adjacent to an activating group) is 1. The molecule has 3 heterocycles. The summed E-state index contributed by atoms with van der Waals surface area (Å²) >= 11 is 0. The number of unbranched alkanes of at least 4 members (excludes halogenated alkanes) is 1. The first kappa shape index (κ1) is 21.0. The first-order chi connectivity index (χ1) is 14.5. The van der Waals surface area contributed by atoms with Crippen molar-refractivity contribution in [1.29, 1.82) is 0 Å². The number of amides is 3. The average molecular weight is 413 g/mol. The number of rotatable bonds is 5. The summed E-state index contributed by atoms with van der Waals surface area (Å²) in [5.74, 6) is -0.566. The number of likely N-dealkylation sites (tertiary alicyclic amines) is 1.